The molecule has 12 nitrogen and oxygen atoms in total. The van der Waals surface area contributed by atoms with E-state index >= 15 is 0 Å². The number of aromatic nitrogens is 6. The standard InChI is InChI=1S/C25H39N9O2.H2O/c1-24(2,3)22(35)29-17-12-32(8)20(27-17)15-34(14-19-26-10-11-31(19)7)16-21-28-18(13-33(21)9)30-23(36)25(4,5)6;/h10-13H,14-16H2,1-9H3,(H,29,35)(H,30,36);1H2. The van der Waals surface area contributed by atoms with E-state index in [9.17, 15) is 9.59 Å². The van der Waals surface area contributed by atoms with Gasteiger partial charge in [-0.1, -0.05) is 41.5 Å². The summed E-state index contributed by atoms with van der Waals surface area (Å²) in [6.07, 6.45) is 7.32. The summed E-state index contributed by atoms with van der Waals surface area (Å²) in [7, 11) is 5.78. The first-order valence-electron chi connectivity index (χ1n) is 12.0. The Kier molecular flexibility index (Phi) is 9.04. The van der Waals surface area contributed by atoms with Crippen LogP contribution in [0.2, 0.25) is 0 Å². The van der Waals surface area contributed by atoms with E-state index in [2.05, 4.69) is 30.5 Å². The average molecular weight is 516 g/mol. The number of carbonyl (C=O) groups excluding carboxylic acids is 2. The molecule has 0 aromatic carbocycles. The fourth-order valence-corrected chi connectivity index (χ4v) is 3.35. The maximum absolute atomic E-state index is 12.4. The van der Waals surface area contributed by atoms with Crippen LogP contribution in [0.25, 0.3) is 0 Å². The van der Waals surface area contributed by atoms with Crippen molar-refractivity contribution in [1.29, 1.82) is 0 Å². The third kappa shape index (κ3) is 7.73. The Hall–Kier alpha value is -3.51. The lowest BCUT2D eigenvalue weighted by Crippen LogP contribution is -2.28. The number of carbonyl (C=O) groups is 2. The van der Waals surface area contributed by atoms with Crippen LogP contribution in [0.3, 0.4) is 0 Å². The quantitative estimate of drug-likeness (QED) is 0.470. The molecule has 0 atom stereocenters. The number of hydrogen-bond acceptors (Lipinski definition) is 6. The lowest BCUT2D eigenvalue weighted by atomic mass is 9.96. The van der Waals surface area contributed by atoms with E-state index in [0.29, 0.717) is 31.3 Å². The normalized spacial score (nSPS) is 11.9. The van der Waals surface area contributed by atoms with Gasteiger partial charge in [-0.3, -0.25) is 14.5 Å². The van der Waals surface area contributed by atoms with E-state index in [1.165, 1.54) is 0 Å². The predicted octanol–water partition coefficient (Wildman–Crippen LogP) is 2.23. The fraction of sp³-hybridized carbons (Fsp3) is 0.560. The van der Waals surface area contributed by atoms with Gasteiger partial charge in [0, 0.05) is 56.8 Å². The van der Waals surface area contributed by atoms with Gasteiger partial charge in [0.05, 0.1) is 19.6 Å². The van der Waals surface area contributed by atoms with Gasteiger partial charge in [-0.05, 0) is 0 Å². The van der Waals surface area contributed by atoms with Gasteiger partial charge in [0.1, 0.15) is 17.5 Å². The van der Waals surface area contributed by atoms with Crippen molar-refractivity contribution in [1.82, 2.24) is 33.6 Å². The molecule has 0 aliphatic rings. The molecule has 12 heteroatoms. The van der Waals surface area contributed by atoms with E-state index in [4.69, 9.17) is 0 Å². The Bertz CT molecular complexity index is 1150. The van der Waals surface area contributed by atoms with E-state index in [1.807, 2.05) is 95.0 Å². The zero-order chi connectivity index (χ0) is 26.8. The molecule has 4 N–H and O–H groups in total. The van der Waals surface area contributed by atoms with Crippen LogP contribution in [0.15, 0.2) is 24.8 Å². The highest BCUT2D eigenvalue weighted by Gasteiger charge is 2.24. The highest BCUT2D eigenvalue weighted by atomic mass is 16.2. The molecule has 3 rings (SSSR count). The van der Waals surface area contributed by atoms with Crippen LogP contribution >= 0.6 is 0 Å². The van der Waals surface area contributed by atoms with Crippen LogP contribution in [-0.4, -0.2) is 50.8 Å². The first-order valence-corrected chi connectivity index (χ1v) is 12.0. The number of nitrogens with zero attached hydrogens (tertiary/aromatic N) is 7. The molecule has 0 aliphatic carbocycles. The van der Waals surface area contributed by atoms with Gasteiger partial charge in [-0.2, -0.15) is 0 Å². The number of nitrogens with one attached hydrogen (secondary N) is 2. The summed E-state index contributed by atoms with van der Waals surface area (Å²) in [5.74, 6) is 3.36. The van der Waals surface area contributed by atoms with Crippen LogP contribution in [0, 0.1) is 10.8 Å². The molecule has 2 amide bonds. The summed E-state index contributed by atoms with van der Waals surface area (Å²) in [4.78, 5) is 40.8. The molecule has 3 heterocycles. The molecule has 3 aromatic rings. The Balaban J connectivity index is 0.00000481. The molecule has 0 unspecified atom stereocenters. The van der Waals surface area contributed by atoms with Gasteiger partial charge in [0.2, 0.25) is 11.8 Å². The van der Waals surface area contributed by atoms with Gasteiger partial charge < -0.3 is 29.8 Å². The predicted molar refractivity (Wildman–Crippen MR) is 142 cm³/mol. The maximum atomic E-state index is 12.4. The average Bonchev–Trinajstić information content (AvgIpc) is 3.40. The monoisotopic (exact) mass is 515 g/mol. The second-order valence-corrected chi connectivity index (χ2v) is 11.3. The summed E-state index contributed by atoms with van der Waals surface area (Å²) >= 11 is 0. The molecule has 0 radical (unpaired) electrons. The molecular formula is C25H41N9O3. The van der Waals surface area contributed by atoms with Crippen LogP contribution in [-0.2, 0) is 50.4 Å². The summed E-state index contributed by atoms with van der Waals surface area (Å²) in [5.41, 5.74) is -1.03. The Morgan fingerprint density at radius 1 is 0.757 bits per heavy atom. The number of imidazole rings is 3. The van der Waals surface area contributed by atoms with Crippen molar-refractivity contribution in [2.45, 2.75) is 61.2 Å². The molecular weight excluding hydrogens is 474 g/mol. The summed E-state index contributed by atoms with van der Waals surface area (Å²) < 4.78 is 5.81. The summed E-state index contributed by atoms with van der Waals surface area (Å²) in [6, 6.07) is 0. The Morgan fingerprint density at radius 3 is 1.51 bits per heavy atom. The van der Waals surface area contributed by atoms with E-state index in [0.717, 1.165) is 17.5 Å². The van der Waals surface area contributed by atoms with Gasteiger partial charge in [-0.15, -0.1) is 0 Å². The molecule has 204 valence electrons. The molecule has 0 bridgehead atoms. The number of hydrogen-bond donors (Lipinski definition) is 2. The third-order valence-electron chi connectivity index (χ3n) is 5.81. The van der Waals surface area contributed by atoms with Crippen LogP contribution in [0.1, 0.15) is 59.0 Å². The van der Waals surface area contributed by atoms with Crippen molar-refractivity contribution in [3.05, 3.63) is 42.3 Å². The lowest BCUT2D eigenvalue weighted by molar-refractivity contribution is -0.123. The highest BCUT2D eigenvalue weighted by molar-refractivity contribution is 5.94. The number of amides is 2. The largest absolute Gasteiger partial charge is 0.412 e. The second kappa shape index (κ2) is 11.3. The van der Waals surface area contributed by atoms with Crippen molar-refractivity contribution in [2.75, 3.05) is 10.6 Å². The smallest absolute Gasteiger partial charge is 0.230 e. The van der Waals surface area contributed by atoms with E-state index < -0.39 is 10.8 Å². The molecule has 0 aliphatic heterocycles. The minimum Gasteiger partial charge on any atom is -0.412 e. The Labute approximate surface area is 218 Å². The third-order valence-corrected chi connectivity index (χ3v) is 5.81. The first kappa shape index (κ1) is 29.7. The summed E-state index contributed by atoms with van der Waals surface area (Å²) in [5, 5.41) is 5.80. The number of aryl methyl sites for hydroxylation is 3. The first-order chi connectivity index (χ1) is 16.6. The molecule has 0 fully saturated rings. The van der Waals surface area contributed by atoms with Gasteiger partial charge >= 0.3 is 0 Å². The van der Waals surface area contributed by atoms with Crippen LogP contribution in [0.5, 0.6) is 0 Å². The lowest BCUT2D eigenvalue weighted by Gasteiger charge is -2.21. The van der Waals surface area contributed by atoms with E-state index in [-0.39, 0.29) is 17.3 Å². The van der Waals surface area contributed by atoms with Gasteiger partial charge in [0.25, 0.3) is 0 Å². The number of rotatable bonds is 8. The van der Waals surface area contributed by atoms with Crippen molar-refractivity contribution in [3.8, 4) is 0 Å². The van der Waals surface area contributed by atoms with Crippen molar-refractivity contribution in [2.24, 2.45) is 32.0 Å². The van der Waals surface area contributed by atoms with Crippen molar-refractivity contribution < 1.29 is 15.1 Å². The molecule has 3 aromatic heterocycles. The van der Waals surface area contributed by atoms with E-state index in [1.54, 1.807) is 6.20 Å². The zero-order valence-electron chi connectivity index (χ0n) is 23.4. The van der Waals surface area contributed by atoms with Gasteiger partial charge in [-0.25, -0.2) is 15.0 Å². The SMILES string of the molecule is Cn1ccnc1CN(Cc1nc(NC(=O)C(C)(C)C)cn1C)Cc1nc(NC(=O)C(C)(C)C)cn1C.O. The molecule has 0 saturated carbocycles. The number of anilines is 2. The second-order valence-electron chi connectivity index (χ2n) is 11.3. The van der Waals surface area contributed by atoms with Crippen LogP contribution < -0.4 is 10.6 Å². The van der Waals surface area contributed by atoms with Crippen molar-refractivity contribution >= 4 is 23.5 Å². The minimum atomic E-state index is -0.514. The maximum Gasteiger partial charge on any atom is 0.230 e. The molecule has 0 spiro atoms. The Morgan fingerprint density at radius 2 is 1.16 bits per heavy atom. The molecule has 37 heavy (non-hydrogen) atoms. The fourth-order valence-electron chi connectivity index (χ4n) is 3.35. The highest BCUT2D eigenvalue weighted by Crippen LogP contribution is 2.20. The van der Waals surface area contributed by atoms with Gasteiger partial charge in [0.15, 0.2) is 11.6 Å². The summed E-state index contributed by atoms with van der Waals surface area (Å²) in [6.45, 7) is 12.8. The topological polar surface area (TPSA) is 146 Å². The van der Waals surface area contributed by atoms with Crippen molar-refractivity contribution in [3.63, 3.8) is 0 Å². The zero-order valence-corrected chi connectivity index (χ0v) is 23.4. The van der Waals surface area contributed by atoms with Crippen LogP contribution in [0.4, 0.5) is 11.6 Å². The molecule has 0 saturated heterocycles. The minimum absolute atomic E-state index is 0.